The number of carbonyl (C=O) groups is 2. The highest BCUT2D eigenvalue weighted by Gasteiger charge is 2.08. The highest BCUT2D eigenvalue weighted by atomic mass is 19.1. The number of hydrogen-bond acceptors (Lipinski definition) is 3. The van der Waals surface area contributed by atoms with Crippen LogP contribution in [0.25, 0.3) is 0 Å². The van der Waals surface area contributed by atoms with E-state index in [1.165, 1.54) is 36.4 Å². The highest BCUT2D eigenvalue weighted by Crippen LogP contribution is 2.10. The summed E-state index contributed by atoms with van der Waals surface area (Å²) in [4.78, 5) is 23.1. The van der Waals surface area contributed by atoms with Crippen molar-refractivity contribution in [2.45, 2.75) is 0 Å². The Bertz CT molecular complexity index is 657. The summed E-state index contributed by atoms with van der Waals surface area (Å²) in [6.45, 7) is -0.352. The summed E-state index contributed by atoms with van der Waals surface area (Å²) in [6.07, 6.45) is 0. The molecule has 0 fully saturated rings. The normalized spacial score (nSPS) is 9.91. The zero-order valence-corrected chi connectivity index (χ0v) is 11.3. The van der Waals surface area contributed by atoms with Crippen molar-refractivity contribution in [3.8, 4) is 5.75 Å². The Kier molecular flexibility index (Phi) is 5.02. The lowest BCUT2D eigenvalue weighted by Gasteiger charge is -2.08. The predicted octanol–water partition coefficient (Wildman–Crippen LogP) is 1.80. The van der Waals surface area contributed by atoms with Crippen LogP contribution in [0.4, 0.5) is 8.78 Å². The Morgan fingerprint density at radius 2 is 1.41 bits per heavy atom. The van der Waals surface area contributed by atoms with Crippen LogP contribution in [-0.2, 0) is 4.79 Å². The quantitative estimate of drug-likeness (QED) is 0.847. The largest absolute Gasteiger partial charge is 0.484 e. The third-order valence-electron chi connectivity index (χ3n) is 2.61. The summed E-state index contributed by atoms with van der Waals surface area (Å²) in [5.41, 5.74) is 4.50. The fraction of sp³-hybridized carbons (Fsp3) is 0.0667. The van der Waals surface area contributed by atoms with Crippen molar-refractivity contribution in [3.63, 3.8) is 0 Å². The third kappa shape index (κ3) is 4.55. The molecule has 2 aromatic carbocycles. The number of rotatable bonds is 4. The topological polar surface area (TPSA) is 67.4 Å². The van der Waals surface area contributed by atoms with E-state index in [0.717, 1.165) is 12.1 Å². The first-order valence-corrected chi connectivity index (χ1v) is 6.28. The van der Waals surface area contributed by atoms with Gasteiger partial charge in [-0.05, 0) is 48.5 Å². The van der Waals surface area contributed by atoms with E-state index < -0.39 is 23.4 Å². The van der Waals surface area contributed by atoms with Crippen LogP contribution < -0.4 is 15.6 Å². The molecule has 22 heavy (non-hydrogen) atoms. The van der Waals surface area contributed by atoms with Gasteiger partial charge in [0.25, 0.3) is 11.8 Å². The van der Waals surface area contributed by atoms with Crippen LogP contribution in [-0.4, -0.2) is 18.4 Å². The SMILES string of the molecule is O=C(COc1ccc(F)cc1)NNC(=O)c1ccc(F)cc1. The minimum atomic E-state index is -0.597. The minimum Gasteiger partial charge on any atom is -0.484 e. The van der Waals surface area contributed by atoms with E-state index >= 15 is 0 Å². The fourth-order valence-corrected chi connectivity index (χ4v) is 1.52. The molecule has 0 spiro atoms. The molecule has 2 N–H and O–H groups in total. The van der Waals surface area contributed by atoms with Gasteiger partial charge in [0.2, 0.25) is 0 Å². The molecule has 0 heterocycles. The molecular formula is C15H12F2N2O3. The van der Waals surface area contributed by atoms with Crippen molar-refractivity contribution in [3.05, 3.63) is 65.7 Å². The summed E-state index contributed by atoms with van der Waals surface area (Å²) in [5.74, 6) is -1.74. The highest BCUT2D eigenvalue weighted by molar-refractivity contribution is 5.95. The van der Waals surface area contributed by atoms with Crippen molar-refractivity contribution in [2.24, 2.45) is 0 Å². The van der Waals surface area contributed by atoms with E-state index in [4.69, 9.17) is 4.74 Å². The zero-order chi connectivity index (χ0) is 15.9. The molecular weight excluding hydrogens is 294 g/mol. The smallest absolute Gasteiger partial charge is 0.276 e. The molecule has 0 aliphatic rings. The molecule has 0 unspecified atom stereocenters. The second kappa shape index (κ2) is 7.16. The number of carbonyl (C=O) groups excluding carboxylic acids is 2. The van der Waals surface area contributed by atoms with Crippen LogP contribution >= 0.6 is 0 Å². The van der Waals surface area contributed by atoms with Gasteiger partial charge in [-0.25, -0.2) is 8.78 Å². The van der Waals surface area contributed by atoms with Gasteiger partial charge in [0, 0.05) is 5.56 Å². The lowest BCUT2D eigenvalue weighted by molar-refractivity contribution is -0.123. The maximum atomic E-state index is 12.7. The average molecular weight is 306 g/mol. The second-order valence-electron chi connectivity index (χ2n) is 4.25. The van der Waals surface area contributed by atoms with Gasteiger partial charge in [0.15, 0.2) is 6.61 Å². The molecule has 7 heteroatoms. The number of benzene rings is 2. The number of nitrogens with one attached hydrogen (secondary N) is 2. The molecule has 0 saturated heterocycles. The van der Waals surface area contributed by atoms with Crippen molar-refractivity contribution >= 4 is 11.8 Å². The van der Waals surface area contributed by atoms with Crippen molar-refractivity contribution < 1.29 is 23.1 Å². The van der Waals surface area contributed by atoms with E-state index in [2.05, 4.69) is 10.9 Å². The molecule has 114 valence electrons. The Balaban J connectivity index is 1.76. The molecule has 0 saturated carbocycles. The van der Waals surface area contributed by atoms with E-state index in [9.17, 15) is 18.4 Å². The van der Waals surface area contributed by atoms with Gasteiger partial charge in [-0.1, -0.05) is 0 Å². The molecule has 0 aliphatic carbocycles. The Hall–Kier alpha value is -2.96. The minimum absolute atomic E-state index is 0.196. The van der Waals surface area contributed by atoms with E-state index in [0.29, 0.717) is 5.75 Å². The third-order valence-corrected chi connectivity index (χ3v) is 2.61. The zero-order valence-electron chi connectivity index (χ0n) is 11.3. The van der Waals surface area contributed by atoms with Gasteiger partial charge in [-0.3, -0.25) is 20.4 Å². The molecule has 5 nitrogen and oxygen atoms in total. The first-order chi connectivity index (χ1) is 10.5. The first-order valence-electron chi connectivity index (χ1n) is 6.28. The Morgan fingerprint density at radius 1 is 0.864 bits per heavy atom. The second-order valence-corrected chi connectivity index (χ2v) is 4.25. The van der Waals surface area contributed by atoms with Gasteiger partial charge in [-0.15, -0.1) is 0 Å². The van der Waals surface area contributed by atoms with Gasteiger partial charge < -0.3 is 4.74 Å². The van der Waals surface area contributed by atoms with E-state index in [1.54, 1.807) is 0 Å². The van der Waals surface area contributed by atoms with Crippen molar-refractivity contribution in [1.82, 2.24) is 10.9 Å². The lowest BCUT2D eigenvalue weighted by Crippen LogP contribution is -2.43. The summed E-state index contributed by atoms with van der Waals surface area (Å²) >= 11 is 0. The summed E-state index contributed by atoms with van der Waals surface area (Å²) in [5, 5.41) is 0. The molecule has 2 rings (SSSR count). The van der Waals surface area contributed by atoms with Gasteiger partial charge in [0.1, 0.15) is 17.4 Å². The average Bonchev–Trinajstić information content (AvgIpc) is 2.52. The molecule has 2 aromatic rings. The van der Waals surface area contributed by atoms with Gasteiger partial charge >= 0.3 is 0 Å². The van der Waals surface area contributed by atoms with Gasteiger partial charge in [0.05, 0.1) is 0 Å². The van der Waals surface area contributed by atoms with Crippen LogP contribution in [0.15, 0.2) is 48.5 Å². The van der Waals surface area contributed by atoms with Crippen LogP contribution in [0.5, 0.6) is 5.75 Å². The van der Waals surface area contributed by atoms with Crippen molar-refractivity contribution in [2.75, 3.05) is 6.61 Å². The number of ether oxygens (including phenoxy) is 1. The Morgan fingerprint density at radius 3 is 2.00 bits per heavy atom. The number of hydrazine groups is 1. The summed E-state index contributed by atoms with van der Waals surface area (Å²) in [7, 11) is 0. The van der Waals surface area contributed by atoms with Crippen LogP contribution in [0.3, 0.4) is 0 Å². The predicted molar refractivity (Wildman–Crippen MR) is 73.9 cm³/mol. The van der Waals surface area contributed by atoms with Crippen LogP contribution in [0.2, 0.25) is 0 Å². The van der Waals surface area contributed by atoms with Crippen LogP contribution in [0.1, 0.15) is 10.4 Å². The molecule has 0 atom stereocenters. The fourth-order valence-electron chi connectivity index (χ4n) is 1.52. The number of amides is 2. The first kappa shape index (κ1) is 15.4. The molecule has 0 aliphatic heterocycles. The maximum Gasteiger partial charge on any atom is 0.276 e. The van der Waals surface area contributed by atoms with Crippen molar-refractivity contribution in [1.29, 1.82) is 0 Å². The van der Waals surface area contributed by atoms with E-state index in [1.807, 2.05) is 0 Å². The number of halogens is 2. The maximum absolute atomic E-state index is 12.7. The number of hydrogen-bond donors (Lipinski definition) is 2. The molecule has 0 bridgehead atoms. The lowest BCUT2D eigenvalue weighted by atomic mass is 10.2. The summed E-state index contributed by atoms with van der Waals surface area (Å²) < 4.78 is 30.5. The van der Waals surface area contributed by atoms with E-state index in [-0.39, 0.29) is 12.2 Å². The Labute approximate surface area is 124 Å². The molecule has 0 radical (unpaired) electrons. The summed E-state index contributed by atoms with van der Waals surface area (Å²) in [6, 6.07) is 9.98. The van der Waals surface area contributed by atoms with Gasteiger partial charge in [-0.2, -0.15) is 0 Å². The molecule has 2 amide bonds. The molecule has 0 aromatic heterocycles. The monoisotopic (exact) mass is 306 g/mol. The van der Waals surface area contributed by atoms with Crippen LogP contribution in [0, 0.1) is 11.6 Å². The standard InChI is InChI=1S/C15H12F2N2O3/c16-11-3-1-10(2-4-11)15(21)19-18-14(20)9-22-13-7-5-12(17)6-8-13/h1-8H,9H2,(H,18,20)(H,19,21).